The average Bonchev–Trinajstić information content (AvgIpc) is 4.35. The molecule has 7 aromatic rings. The van der Waals surface area contributed by atoms with Crippen LogP contribution in [0.5, 0.6) is 0 Å². The quantitative estimate of drug-likeness (QED) is 0.0614. The van der Waals surface area contributed by atoms with Crippen molar-refractivity contribution in [3.05, 3.63) is 211 Å². The van der Waals surface area contributed by atoms with Gasteiger partial charge in [-0.1, -0.05) is 275 Å². The van der Waals surface area contributed by atoms with Gasteiger partial charge in [0.25, 0.3) is 0 Å². The maximum atomic E-state index is 6.47. The molecule has 0 heterocycles. The monoisotopic (exact) mass is 1220 g/mol. The summed E-state index contributed by atoms with van der Waals surface area (Å²) in [5.74, 6) is 1.05. The number of methoxy groups -OCH3 is 2. The first-order chi connectivity index (χ1) is 36.4. The second-order valence-electron chi connectivity index (χ2n) is 21.1. The van der Waals surface area contributed by atoms with Crippen LogP contribution < -0.4 is 37.1 Å². The molecule has 0 bridgehead atoms. The number of halogens is 1. The topological polar surface area (TPSA) is 18.5 Å². The van der Waals surface area contributed by atoms with Gasteiger partial charge in [0.05, 0.1) is 36.5 Å². The van der Waals surface area contributed by atoms with Crippen molar-refractivity contribution in [1.82, 2.24) is 0 Å². The van der Waals surface area contributed by atoms with Crippen molar-refractivity contribution in [2.45, 2.75) is 125 Å². The third-order valence-electron chi connectivity index (χ3n) is 16.1. The molecule has 4 fully saturated rings. The minimum Gasteiger partial charge on any atom is -0.376 e. The zero-order valence-electron chi connectivity index (χ0n) is 45.6. The average molecular weight is 1220 g/mol. The van der Waals surface area contributed by atoms with Gasteiger partial charge in [-0.3, -0.25) is 0 Å². The molecule has 0 amide bonds. The van der Waals surface area contributed by atoms with Crippen LogP contribution in [0.4, 0.5) is 0 Å². The van der Waals surface area contributed by atoms with Crippen LogP contribution in [0.25, 0.3) is 0 Å². The molecule has 0 aliphatic heterocycles. The fourth-order valence-corrected chi connectivity index (χ4v) is 21.5. The Labute approximate surface area is 492 Å². The van der Waals surface area contributed by atoms with Gasteiger partial charge in [-0.25, -0.2) is 0 Å². The molecule has 7 aromatic carbocycles. The van der Waals surface area contributed by atoms with Crippen LogP contribution in [0.2, 0.25) is 0 Å². The number of hydrogen-bond acceptors (Lipinski definition) is 2. The van der Waals surface area contributed by atoms with Crippen LogP contribution in [0, 0.1) is 11.8 Å². The summed E-state index contributed by atoms with van der Waals surface area (Å²) in [6, 6.07) is 73.2. The predicted molar refractivity (Wildman–Crippen MR) is 332 cm³/mol. The molecule has 404 valence electrons. The molecule has 76 heavy (non-hydrogen) atoms. The largest absolute Gasteiger partial charge is 0.376 e. The molecule has 0 spiro atoms. The third kappa shape index (κ3) is 16.7. The first-order valence-corrected chi connectivity index (χ1v) is 34.3. The summed E-state index contributed by atoms with van der Waals surface area (Å²) in [6.07, 6.45) is 22.8. The summed E-state index contributed by atoms with van der Waals surface area (Å²) in [7, 11) is 1.18. The molecule has 0 saturated heterocycles. The van der Waals surface area contributed by atoms with Crippen molar-refractivity contribution in [3.63, 3.8) is 0 Å². The predicted octanol–water partition coefficient (Wildman–Crippen LogP) is 16.5. The number of rotatable bonds is 14. The molecule has 8 heteroatoms. The van der Waals surface area contributed by atoms with Gasteiger partial charge in [0.1, 0.15) is 0 Å². The Morgan fingerprint density at radius 3 is 1.03 bits per heavy atom. The second kappa shape index (κ2) is 33.1. The van der Waals surface area contributed by atoms with E-state index in [1.54, 1.807) is 5.30 Å². The standard InChI is InChI=1S/C33H37OP2.C25H26BrOP.2C5H10.2Fe/c1-34-33(30-23-15-25-32(30)36(2,3)28-20-11-6-12-21-28)29-22-13-14-24-31(29)35(26-16-7-4-8-17-26)27-18-9-5-10-19-27;1-27-25(21-16-10-17-23(21)26)22-15-8-9-18-24(22)28(19-11-4-2-5-12-19)20-13-6-3-7-14-20;2*1-2-4-5-3-1;;/h4-14,16-22,24,30,32-33H,15,23,25H2,1-3H3;2-9,11-15,18,21,23,25H,10,16-17H2,1H3;2*1-5H2;;/q+1;;;;;/t30?,32?,33-;21?,23?,25-;;;;/m01..../s1. The van der Waals surface area contributed by atoms with Crippen molar-refractivity contribution in [3.8, 4) is 0 Å². The van der Waals surface area contributed by atoms with E-state index in [0.717, 1.165) is 0 Å². The Morgan fingerprint density at radius 1 is 0.382 bits per heavy atom. The molecule has 4 aliphatic rings. The summed E-state index contributed by atoms with van der Waals surface area (Å²) >= 11 is 3.92. The summed E-state index contributed by atoms with van der Waals surface area (Å²) in [5.41, 5.74) is 3.40. The summed E-state index contributed by atoms with van der Waals surface area (Å²) in [6.45, 7) is 5.09. The van der Waals surface area contributed by atoms with Gasteiger partial charge in [-0.05, 0) is 103 Å². The van der Waals surface area contributed by atoms with E-state index < -0.39 is 23.1 Å². The third-order valence-corrected chi connectivity index (χ3v) is 26.2. The van der Waals surface area contributed by atoms with Crippen molar-refractivity contribution >= 4 is 76.2 Å². The van der Waals surface area contributed by atoms with Gasteiger partial charge < -0.3 is 9.47 Å². The zero-order chi connectivity index (χ0) is 51.4. The van der Waals surface area contributed by atoms with Crippen molar-refractivity contribution in [1.29, 1.82) is 0 Å². The van der Waals surface area contributed by atoms with Gasteiger partial charge in [0.15, 0.2) is 0 Å². The Balaban J connectivity index is 0.000000207. The van der Waals surface area contributed by atoms with Gasteiger partial charge in [0.2, 0.25) is 0 Å². The zero-order valence-corrected chi connectivity index (χ0v) is 52.1. The van der Waals surface area contributed by atoms with E-state index in [9.17, 15) is 0 Å². The summed E-state index contributed by atoms with van der Waals surface area (Å²) < 4.78 is 12.6. The van der Waals surface area contributed by atoms with Gasteiger partial charge in [-0.15, -0.1) is 0 Å². The molecule has 11 rings (SSSR count). The van der Waals surface area contributed by atoms with E-state index in [4.69, 9.17) is 9.47 Å². The van der Waals surface area contributed by atoms with Crippen LogP contribution in [-0.4, -0.2) is 38.0 Å². The van der Waals surface area contributed by atoms with Crippen molar-refractivity contribution in [2.75, 3.05) is 27.5 Å². The molecular weight excluding hydrogens is 1130 g/mol. The van der Waals surface area contributed by atoms with Crippen LogP contribution in [0.1, 0.15) is 126 Å². The van der Waals surface area contributed by atoms with E-state index in [-0.39, 0.29) is 46.3 Å². The molecule has 0 aromatic heterocycles. The maximum Gasteiger partial charge on any atom is 0.0936 e. The number of ether oxygens (including phenoxy) is 2. The van der Waals surface area contributed by atoms with Gasteiger partial charge in [0, 0.05) is 72.3 Å². The number of benzene rings is 7. The Kier molecular flexibility index (Phi) is 27.2. The summed E-state index contributed by atoms with van der Waals surface area (Å²) in [4.78, 5) is 0.533. The van der Waals surface area contributed by atoms with E-state index in [1.165, 1.54) is 146 Å². The second-order valence-corrected chi connectivity index (χ2v) is 30.9. The molecule has 4 saturated carbocycles. The smallest absolute Gasteiger partial charge is 0.0936 e. The van der Waals surface area contributed by atoms with Crippen molar-refractivity contribution in [2.24, 2.45) is 11.8 Å². The normalized spacial score (nSPS) is 19.6. The van der Waals surface area contributed by atoms with Crippen LogP contribution in [-0.2, 0) is 43.6 Å². The van der Waals surface area contributed by atoms with Crippen LogP contribution >= 0.6 is 39.0 Å². The maximum absolute atomic E-state index is 6.47. The first-order valence-electron chi connectivity index (χ1n) is 28.0. The SMILES string of the molecule is C1CCCC1.C1CCCC1.CO[C@@H](c1ccccc1P(c1ccccc1)c1ccccc1)C1CCCC1Br.CO[C@@H](c1ccccc1P(c1ccccc1)c1ccccc1)C1CCCC1[P+](C)(C)c1ccccc1.[Fe].[Fe]. The van der Waals surface area contributed by atoms with Crippen LogP contribution in [0.15, 0.2) is 200 Å². The van der Waals surface area contributed by atoms with Gasteiger partial charge in [-0.2, -0.15) is 0 Å². The molecule has 6 atom stereocenters. The minimum atomic E-state index is -1.32. The Hall–Kier alpha value is -2.73. The number of alkyl halides is 1. The molecule has 2 nitrogen and oxygen atoms in total. The van der Waals surface area contributed by atoms with Crippen LogP contribution in [0.3, 0.4) is 0 Å². The Bertz CT molecular complexity index is 2550. The van der Waals surface area contributed by atoms with E-state index in [2.05, 4.69) is 229 Å². The van der Waals surface area contributed by atoms with Gasteiger partial charge >= 0.3 is 0 Å². The Morgan fingerprint density at radius 2 is 0.684 bits per heavy atom. The minimum absolute atomic E-state index is 0. The molecule has 4 aliphatic carbocycles. The molecule has 0 N–H and O–H groups in total. The molecule has 4 unspecified atom stereocenters. The van der Waals surface area contributed by atoms with E-state index >= 15 is 0 Å². The summed E-state index contributed by atoms with van der Waals surface area (Å²) in [5, 5.41) is 9.93. The number of hydrogen-bond donors (Lipinski definition) is 0. The fourth-order valence-electron chi connectivity index (χ4n) is 12.3. The molecular formula is C68H83BrFe2O2P3+. The van der Waals surface area contributed by atoms with E-state index in [0.29, 0.717) is 22.3 Å². The first kappa shape index (κ1) is 62.5. The fraction of sp³-hybridized carbons (Fsp3) is 0.382. The van der Waals surface area contributed by atoms with Crippen molar-refractivity contribution < 1.29 is 43.6 Å². The molecule has 0 radical (unpaired) electrons. The van der Waals surface area contributed by atoms with E-state index in [1.807, 2.05) is 14.2 Å².